The van der Waals surface area contributed by atoms with Crippen molar-refractivity contribution in [1.29, 1.82) is 0 Å². The van der Waals surface area contributed by atoms with E-state index in [-0.39, 0.29) is 24.1 Å². The Morgan fingerprint density at radius 3 is 2.61 bits per heavy atom. The van der Waals surface area contributed by atoms with E-state index in [1.54, 1.807) is 0 Å². The molecule has 1 saturated heterocycles. The van der Waals surface area contributed by atoms with Gasteiger partial charge in [-0.25, -0.2) is 0 Å². The van der Waals surface area contributed by atoms with Gasteiger partial charge in [-0.2, -0.15) is 13.2 Å². The molecular formula is C16H20BrF3N4O3S. The van der Waals surface area contributed by atoms with Gasteiger partial charge >= 0.3 is 12.1 Å². The number of hydrogen-bond acceptors (Lipinski definition) is 6. The van der Waals surface area contributed by atoms with Crippen LogP contribution in [0.2, 0.25) is 0 Å². The molecule has 2 aliphatic rings. The third-order valence-electron chi connectivity index (χ3n) is 4.88. The van der Waals surface area contributed by atoms with Crippen molar-refractivity contribution < 1.29 is 27.2 Å². The SMILES string of the molecule is O=C(CSc1nnc(C2CCC(Br)CC2)o1)N1CCC(NC(=O)C(F)(F)F)C1. The van der Waals surface area contributed by atoms with E-state index in [1.165, 1.54) is 4.90 Å². The van der Waals surface area contributed by atoms with E-state index in [0.29, 0.717) is 28.9 Å². The van der Waals surface area contributed by atoms with Gasteiger partial charge in [-0.1, -0.05) is 27.7 Å². The van der Waals surface area contributed by atoms with Crippen molar-refractivity contribution in [2.24, 2.45) is 0 Å². The van der Waals surface area contributed by atoms with Crippen molar-refractivity contribution in [2.45, 2.75) is 60.3 Å². The molecule has 7 nitrogen and oxygen atoms in total. The average Bonchev–Trinajstić information content (AvgIpc) is 3.29. The summed E-state index contributed by atoms with van der Waals surface area (Å²) in [4.78, 5) is 25.2. The van der Waals surface area contributed by atoms with Gasteiger partial charge in [0.1, 0.15) is 0 Å². The molecule has 156 valence electrons. The van der Waals surface area contributed by atoms with Crippen LogP contribution < -0.4 is 5.32 Å². The zero-order valence-electron chi connectivity index (χ0n) is 14.9. The number of likely N-dealkylation sites (tertiary alicyclic amines) is 1. The summed E-state index contributed by atoms with van der Waals surface area (Å²) in [7, 11) is 0. The van der Waals surface area contributed by atoms with Crippen LogP contribution in [0, 0.1) is 0 Å². The Balaban J connectivity index is 1.43. The molecule has 1 atom stereocenters. The molecule has 2 amide bonds. The minimum Gasteiger partial charge on any atom is -0.416 e. The summed E-state index contributed by atoms with van der Waals surface area (Å²) in [6.45, 7) is 0.360. The summed E-state index contributed by atoms with van der Waals surface area (Å²) >= 11 is 4.71. The molecule has 0 spiro atoms. The zero-order valence-corrected chi connectivity index (χ0v) is 17.3. The molecule has 0 radical (unpaired) electrons. The highest BCUT2D eigenvalue weighted by molar-refractivity contribution is 9.09. The number of aromatic nitrogens is 2. The van der Waals surface area contributed by atoms with Crippen LogP contribution in [0.5, 0.6) is 0 Å². The van der Waals surface area contributed by atoms with Crippen LogP contribution in [0.15, 0.2) is 9.64 Å². The van der Waals surface area contributed by atoms with E-state index in [0.717, 1.165) is 37.4 Å². The Bertz CT molecular complexity index is 710. The quantitative estimate of drug-likeness (QED) is 0.510. The first-order valence-corrected chi connectivity index (χ1v) is 10.9. The maximum atomic E-state index is 12.3. The Kier molecular flexibility index (Phi) is 6.89. The van der Waals surface area contributed by atoms with Crippen LogP contribution in [-0.4, -0.2) is 62.8 Å². The van der Waals surface area contributed by atoms with Crippen molar-refractivity contribution in [3.63, 3.8) is 0 Å². The second-order valence-corrected chi connectivity index (χ2v) is 9.16. The van der Waals surface area contributed by atoms with Crippen LogP contribution in [0.25, 0.3) is 0 Å². The lowest BCUT2D eigenvalue weighted by Crippen LogP contribution is -2.44. The Labute approximate surface area is 172 Å². The van der Waals surface area contributed by atoms with Crippen molar-refractivity contribution >= 4 is 39.5 Å². The van der Waals surface area contributed by atoms with Crippen molar-refractivity contribution in [3.05, 3.63) is 5.89 Å². The van der Waals surface area contributed by atoms with Crippen molar-refractivity contribution in [2.75, 3.05) is 18.8 Å². The number of alkyl halides is 4. The van der Waals surface area contributed by atoms with Gasteiger partial charge in [0.05, 0.1) is 5.75 Å². The molecule has 2 fully saturated rings. The lowest BCUT2D eigenvalue weighted by molar-refractivity contribution is -0.174. The fourth-order valence-corrected chi connectivity index (χ4v) is 4.53. The highest BCUT2D eigenvalue weighted by Crippen LogP contribution is 2.35. The van der Waals surface area contributed by atoms with Crippen LogP contribution >= 0.6 is 27.7 Å². The maximum Gasteiger partial charge on any atom is 0.471 e. The van der Waals surface area contributed by atoms with Gasteiger partial charge < -0.3 is 14.6 Å². The normalized spacial score (nSPS) is 25.7. The van der Waals surface area contributed by atoms with Crippen molar-refractivity contribution in [1.82, 2.24) is 20.4 Å². The van der Waals surface area contributed by atoms with Gasteiger partial charge in [-0.3, -0.25) is 9.59 Å². The topological polar surface area (TPSA) is 88.3 Å². The largest absolute Gasteiger partial charge is 0.471 e. The number of nitrogens with zero attached hydrogens (tertiary/aromatic N) is 3. The Morgan fingerprint density at radius 2 is 1.93 bits per heavy atom. The highest BCUT2D eigenvalue weighted by atomic mass is 79.9. The summed E-state index contributed by atoms with van der Waals surface area (Å²) in [5, 5.41) is 10.3. The van der Waals surface area contributed by atoms with Crippen LogP contribution in [0.4, 0.5) is 13.2 Å². The second-order valence-electron chi connectivity index (χ2n) is 6.94. The molecule has 28 heavy (non-hydrogen) atoms. The molecule has 1 aromatic rings. The fraction of sp³-hybridized carbons (Fsp3) is 0.750. The molecule has 1 N–H and O–H groups in total. The predicted molar refractivity (Wildman–Crippen MR) is 98.1 cm³/mol. The van der Waals surface area contributed by atoms with Crippen LogP contribution in [0.3, 0.4) is 0 Å². The summed E-state index contributed by atoms with van der Waals surface area (Å²) < 4.78 is 42.6. The Hall–Kier alpha value is -1.30. The molecule has 0 bridgehead atoms. The minimum atomic E-state index is -4.92. The highest BCUT2D eigenvalue weighted by Gasteiger charge is 2.41. The molecule has 2 heterocycles. The monoisotopic (exact) mass is 484 g/mol. The summed E-state index contributed by atoms with van der Waals surface area (Å²) in [5.41, 5.74) is 0. The molecule has 1 aliphatic carbocycles. The first-order valence-electron chi connectivity index (χ1n) is 8.98. The summed E-state index contributed by atoms with van der Waals surface area (Å²) in [6.07, 6.45) is -0.584. The predicted octanol–water partition coefficient (Wildman–Crippen LogP) is 2.86. The number of nitrogens with one attached hydrogen (secondary N) is 1. The number of thioether (sulfide) groups is 1. The van der Waals surface area contributed by atoms with Crippen molar-refractivity contribution in [3.8, 4) is 0 Å². The number of amides is 2. The van der Waals surface area contributed by atoms with E-state index in [2.05, 4.69) is 26.1 Å². The molecule has 1 unspecified atom stereocenters. The summed E-state index contributed by atoms with van der Waals surface area (Å²) in [6, 6.07) is -0.692. The van der Waals surface area contributed by atoms with Crippen LogP contribution in [0.1, 0.15) is 43.9 Å². The number of hydrogen-bond donors (Lipinski definition) is 1. The number of carbonyl (C=O) groups is 2. The van der Waals surface area contributed by atoms with E-state index in [1.807, 2.05) is 5.32 Å². The second kappa shape index (κ2) is 9.02. The molecule has 3 rings (SSSR count). The van der Waals surface area contributed by atoms with Gasteiger partial charge in [0.25, 0.3) is 5.22 Å². The van der Waals surface area contributed by atoms with Gasteiger partial charge in [0.15, 0.2) is 0 Å². The molecule has 1 aliphatic heterocycles. The van der Waals surface area contributed by atoms with E-state index < -0.39 is 18.1 Å². The van der Waals surface area contributed by atoms with Crippen LogP contribution in [-0.2, 0) is 9.59 Å². The van der Waals surface area contributed by atoms with Gasteiger partial charge in [0.2, 0.25) is 11.8 Å². The molecule has 12 heteroatoms. The smallest absolute Gasteiger partial charge is 0.416 e. The third kappa shape index (κ3) is 5.62. The minimum absolute atomic E-state index is 0.0513. The average molecular weight is 485 g/mol. The fourth-order valence-electron chi connectivity index (χ4n) is 3.33. The number of rotatable bonds is 5. The molecule has 1 saturated carbocycles. The first-order chi connectivity index (χ1) is 13.2. The first kappa shape index (κ1) is 21.4. The lowest BCUT2D eigenvalue weighted by atomic mass is 9.89. The molecule has 1 aromatic heterocycles. The lowest BCUT2D eigenvalue weighted by Gasteiger charge is -2.22. The van der Waals surface area contributed by atoms with E-state index in [9.17, 15) is 22.8 Å². The van der Waals surface area contributed by atoms with Gasteiger partial charge in [0, 0.05) is 29.9 Å². The molecular weight excluding hydrogens is 465 g/mol. The van der Waals surface area contributed by atoms with E-state index in [4.69, 9.17) is 4.42 Å². The Morgan fingerprint density at radius 1 is 1.21 bits per heavy atom. The maximum absolute atomic E-state index is 12.3. The van der Waals surface area contributed by atoms with E-state index >= 15 is 0 Å². The standard InChI is InChI=1S/C16H20BrF3N4O3S/c17-10-3-1-9(2-4-10)13-22-23-15(27-13)28-8-12(25)24-6-5-11(7-24)21-14(26)16(18,19)20/h9-11H,1-8H2,(H,21,26). The zero-order chi connectivity index (χ0) is 20.3. The van der Waals surface area contributed by atoms with Gasteiger partial charge in [-0.05, 0) is 32.1 Å². The number of carbonyl (C=O) groups excluding carboxylic acids is 2. The van der Waals surface area contributed by atoms with Gasteiger partial charge in [-0.15, -0.1) is 10.2 Å². The molecule has 0 aromatic carbocycles. The third-order valence-corrected chi connectivity index (χ3v) is 6.60. The number of halogens is 4. The summed E-state index contributed by atoms with van der Waals surface area (Å²) in [5.74, 6) is -1.34.